The Morgan fingerprint density at radius 2 is 1.94 bits per heavy atom. The van der Waals surface area contributed by atoms with Crippen LogP contribution in [0.15, 0.2) is 24.3 Å². The molecule has 1 aromatic carbocycles. The van der Waals surface area contributed by atoms with E-state index in [9.17, 15) is 4.79 Å². The first kappa shape index (κ1) is 14.2. The van der Waals surface area contributed by atoms with Gasteiger partial charge in [0, 0.05) is 25.7 Å². The van der Waals surface area contributed by atoms with E-state index in [1.807, 2.05) is 26.0 Å². The Morgan fingerprint density at radius 3 is 2.44 bits per heavy atom. The van der Waals surface area contributed by atoms with Crippen LogP contribution in [0.1, 0.15) is 29.8 Å². The number of nitrogens with one attached hydrogen (secondary N) is 2. The van der Waals surface area contributed by atoms with Crippen LogP contribution in [0.3, 0.4) is 0 Å². The second-order valence-corrected chi connectivity index (χ2v) is 4.88. The summed E-state index contributed by atoms with van der Waals surface area (Å²) in [5.41, 5.74) is 1.39. The molecule has 0 aliphatic heterocycles. The number of hydrogen-bond donors (Lipinski definition) is 2. The first-order valence-electron chi connectivity index (χ1n) is 5.91. The highest BCUT2D eigenvalue weighted by molar-refractivity contribution is 5.93. The number of rotatable bonds is 5. The third-order valence-electron chi connectivity index (χ3n) is 2.64. The summed E-state index contributed by atoms with van der Waals surface area (Å²) in [6.07, 6.45) is 0. The van der Waals surface area contributed by atoms with Gasteiger partial charge >= 0.3 is 0 Å². The molecule has 0 atom stereocenters. The Kier molecular flexibility index (Phi) is 4.87. The molecule has 0 aliphatic carbocycles. The van der Waals surface area contributed by atoms with Crippen molar-refractivity contribution in [3.63, 3.8) is 0 Å². The SMILES string of the molecule is CNC(=O)c1ccc(CNCC(C)(C)C#N)cc1. The van der Waals surface area contributed by atoms with Gasteiger partial charge in [-0.1, -0.05) is 12.1 Å². The molecular weight excluding hydrogens is 226 g/mol. The summed E-state index contributed by atoms with van der Waals surface area (Å²) < 4.78 is 0. The molecule has 1 rings (SSSR count). The third kappa shape index (κ3) is 4.19. The van der Waals surface area contributed by atoms with Crippen molar-refractivity contribution in [2.24, 2.45) is 5.41 Å². The Hall–Kier alpha value is -1.86. The summed E-state index contributed by atoms with van der Waals surface area (Å²) in [5.74, 6) is -0.0832. The molecule has 0 spiro atoms. The second-order valence-electron chi connectivity index (χ2n) is 4.88. The average Bonchev–Trinajstić information content (AvgIpc) is 2.38. The molecule has 0 saturated carbocycles. The zero-order valence-corrected chi connectivity index (χ0v) is 11.1. The van der Waals surface area contributed by atoms with Crippen molar-refractivity contribution in [2.45, 2.75) is 20.4 Å². The van der Waals surface area contributed by atoms with Crippen LogP contribution >= 0.6 is 0 Å². The Labute approximate surface area is 108 Å². The lowest BCUT2D eigenvalue weighted by molar-refractivity contribution is 0.0963. The number of nitrogens with zero attached hydrogens (tertiary/aromatic N) is 1. The van der Waals surface area contributed by atoms with Crippen LogP contribution < -0.4 is 10.6 Å². The molecule has 96 valence electrons. The van der Waals surface area contributed by atoms with Crippen molar-refractivity contribution in [2.75, 3.05) is 13.6 Å². The van der Waals surface area contributed by atoms with Crippen LogP contribution in [-0.4, -0.2) is 19.5 Å². The van der Waals surface area contributed by atoms with Crippen LogP contribution in [0, 0.1) is 16.7 Å². The van der Waals surface area contributed by atoms with Crippen molar-refractivity contribution in [3.8, 4) is 6.07 Å². The Morgan fingerprint density at radius 1 is 1.33 bits per heavy atom. The lowest BCUT2D eigenvalue weighted by Crippen LogP contribution is -2.27. The van der Waals surface area contributed by atoms with E-state index in [-0.39, 0.29) is 11.3 Å². The average molecular weight is 245 g/mol. The summed E-state index contributed by atoms with van der Waals surface area (Å²) in [6.45, 7) is 5.13. The van der Waals surface area contributed by atoms with Gasteiger partial charge in [0.05, 0.1) is 11.5 Å². The maximum atomic E-state index is 11.3. The smallest absolute Gasteiger partial charge is 0.251 e. The standard InChI is InChI=1S/C14H19N3O/c1-14(2,9-15)10-17-8-11-4-6-12(7-5-11)13(18)16-3/h4-7,17H,8,10H2,1-3H3,(H,16,18). The number of nitriles is 1. The number of hydrogen-bond acceptors (Lipinski definition) is 3. The molecule has 2 N–H and O–H groups in total. The molecule has 18 heavy (non-hydrogen) atoms. The van der Waals surface area contributed by atoms with E-state index in [2.05, 4.69) is 16.7 Å². The van der Waals surface area contributed by atoms with Crippen LogP contribution in [0.5, 0.6) is 0 Å². The predicted molar refractivity (Wildman–Crippen MR) is 70.9 cm³/mol. The molecule has 0 aromatic heterocycles. The van der Waals surface area contributed by atoms with Gasteiger partial charge in [0.1, 0.15) is 0 Å². The molecule has 1 amide bonds. The van der Waals surface area contributed by atoms with E-state index in [1.54, 1.807) is 19.2 Å². The summed E-state index contributed by atoms with van der Waals surface area (Å²) in [7, 11) is 1.61. The third-order valence-corrected chi connectivity index (χ3v) is 2.64. The normalized spacial score (nSPS) is 10.8. The van der Waals surface area contributed by atoms with E-state index in [0.29, 0.717) is 18.7 Å². The predicted octanol–water partition coefficient (Wildman–Crippen LogP) is 1.69. The lowest BCUT2D eigenvalue weighted by Gasteiger charge is -2.15. The zero-order valence-electron chi connectivity index (χ0n) is 11.1. The van der Waals surface area contributed by atoms with Gasteiger partial charge in [0.25, 0.3) is 5.91 Å². The van der Waals surface area contributed by atoms with Gasteiger partial charge < -0.3 is 10.6 Å². The molecule has 0 saturated heterocycles. The largest absolute Gasteiger partial charge is 0.355 e. The quantitative estimate of drug-likeness (QED) is 0.829. The Bertz CT molecular complexity index is 443. The summed E-state index contributed by atoms with van der Waals surface area (Å²) in [4.78, 5) is 11.3. The topological polar surface area (TPSA) is 64.9 Å². The van der Waals surface area contributed by atoms with Gasteiger partial charge in [-0.15, -0.1) is 0 Å². The van der Waals surface area contributed by atoms with Gasteiger partial charge in [-0.25, -0.2) is 0 Å². The van der Waals surface area contributed by atoms with Gasteiger partial charge in [-0.05, 0) is 31.5 Å². The van der Waals surface area contributed by atoms with Gasteiger partial charge in [-0.3, -0.25) is 4.79 Å². The maximum absolute atomic E-state index is 11.3. The zero-order chi connectivity index (χ0) is 13.6. The van der Waals surface area contributed by atoms with E-state index < -0.39 is 0 Å². The highest BCUT2D eigenvalue weighted by atomic mass is 16.1. The van der Waals surface area contributed by atoms with E-state index in [0.717, 1.165) is 5.56 Å². The molecule has 1 aromatic rings. The van der Waals surface area contributed by atoms with Gasteiger partial charge in [0.2, 0.25) is 0 Å². The molecule has 0 heterocycles. The molecule has 0 aliphatic rings. The minimum atomic E-state index is -0.359. The number of carbonyl (C=O) groups is 1. The van der Waals surface area contributed by atoms with E-state index in [4.69, 9.17) is 5.26 Å². The highest BCUT2D eigenvalue weighted by Crippen LogP contribution is 2.11. The minimum absolute atomic E-state index is 0.0832. The van der Waals surface area contributed by atoms with E-state index >= 15 is 0 Å². The first-order valence-corrected chi connectivity index (χ1v) is 5.91. The molecule has 0 radical (unpaired) electrons. The monoisotopic (exact) mass is 245 g/mol. The first-order chi connectivity index (χ1) is 8.48. The van der Waals surface area contributed by atoms with Crippen molar-refractivity contribution in [3.05, 3.63) is 35.4 Å². The highest BCUT2D eigenvalue weighted by Gasteiger charge is 2.15. The van der Waals surface area contributed by atoms with Crippen molar-refractivity contribution in [1.82, 2.24) is 10.6 Å². The van der Waals surface area contributed by atoms with Gasteiger partial charge in [-0.2, -0.15) is 5.26 Å². The van der Waals surface area contributed by atoms with Crippen LogP contribution in [0.4, 0.5) is 0 Å². The molecule has 4 nitrogen and oxygen atoms in total. The summed E-state index contributed by atoms with van der Waals surface area (Å²) in [6, 6.07) is 9.66. The molecule has 4 heteroatoms. The van der Waals surface area contributed by atoms with Crippen molar-refractivity contribution < 1.29 is 4.79 Å². The van der Waals surface area contributed by atoms with Crippen molar-refractivity contribution >= 4 is 5.91 Å². The van der Waals surface area contributed by atoms with Crippen molar-refractivity contribution in [1.29, 1.82) is 5.26 Å². The van der Waals surface area contributed by atoms with E-state index in [1.165, 1.54) is 0 Å². The minimum Gasteiger partial charge on any atom is -0.355 e. The summed E-state index contributed by atoms with van der Waals surface area (Å²) in [5, 5.41) is 14.7. The maximum Gasteiger partial charge on any atom is 0.251 e. The van der Waals surface area contributed by atoms with Crippen LogP contribution in [-0.2, 0) is 6.54 Å². The van der Waals surface area contributed by atoms with Crippen LogP contribution in [0.25, 0.3) is 0 Å². The number of carbonyl (C=O) groups excluding carboxylic acids is 1. The molecule has 0 fully saturated rings. The fourth-order valence-electron chi connectivity index (χ4n) is 1.48. The molecular formula is C14H19N3O. The fraction of sp³-hybridized carbons (Fsp3) is 0.429. The van der Waals surface area contributed by atoms with Crippen LogP contribution in [0.2, 0.25) is 0 Å². The number of amides is 1. The second kappa shape index (κ2) is 6.18. The Balaban J connectivity index is 2.50. The lowest BCUT2D eigenvalue weighted by atomic mass is 9.96. The van der Waals surface area contributed by atoms with Gasteiger partial charge in [0.15, 0.2) is 0 Å². The summed E-state index contributed by atoms with van der Waals surface area (Å²) >= 11 is 0. The molecule has 0 unspecified atom stereocenters. The number of benzene rings is 1. The fourth-order valence-corrected chi connectivity index (χ4v) is 1.48. The molecule has 0 bridgehead atoms.